The van der Waals surface area contributed by atoms with Gasteiger partial charge in [-0.1, -0.05) is 26.2 Å². The third-order valence-electron chi connectivity index (χ3n) is 3.20. The van der Waals surface area contributed by atoms with Gasteiger partial charge in [0.05, 0.1) is 21.5 Å². The lowest BCUT2D eigenvalue weighted by molar-refractivity contribution is -0.394. The molecule has 0 aliphatic heterocycles. The lowest BCUT2D eigenvalue weighted by atomic mass is 10.1. The first kappa shape index (κ1) is 17.5. The van der Waals surface area contributed by atoms with Crippen LogP contribution in [-0.4, -0.2) is 21.8 Å². The zero-order chi connectivity index (χ0) is 16.7. The van der Waals surface area contributed by atoms with E-state index in [9.17, 15) is 25.0 Å². The average Bonchev–Trinajstić information content (AvgIpc) is 2.46. The fraction of sp³-hybridized carbons (Fsp3) is 0.500. The first-order chi connectivity index (χ1) is 10.3. The normalized spacial score (nSPS) is 11.7. The SMILES string of the molecule is CCCCC[C@@H](C)NC(=O)c1cc([N+](=O)[O-])cc([N+](=O)[O-])c1. The molecule has 120 valence electrons. The summed E-state index contributed by atoms with van der Waals surface area (Å²) < 4.78 is 0. The van der Waals surface area contributed by atoms with E-state index in [2.05, 4.69) is 12.2 Å². The summed E-state index contributed by atoms with van der Waals surface area (Å²) in [4.78, 5) is 32.2. The van der Waals surface area contributed by atoms with Gasteiger partial charge in [0.15, 0.2) is 0 Å². The van der Waals surface area contributed by atoms with Crippen molar-refractivity contribution >= 4 is 17.3 Å². The molecule has 1 amide bonds. The first-order valence-corrected chi connectivity index (χ1v) is 7.10. The Morgan fingerprint density at radius 1 is 1.14 bits per heavy atom. The summed E-state index contributed by atoms with van der Waals surface area (Å²) in [5.41, 5.74) is -1.03. The number of non-ortho nitro benzene ring substituents is 2. The Labute approximate surface area is 127 Å². The molecule has 0 heterocycles. The zero-order valence-corrected chi connectivity index (χ0v) is 12.6. The van der Waals surface area contributed by atoms with Crippen LogP contribution in [0.1, 0.15) is 49.9 Å². The van der Waals surface area contributed by atoms with E-state index in [1.807, 2.05) is 6.92 Å². The molecule has 1 aromatic rings. The van der Waals surface area contributed by atoms with Crippen molar-refractivity contribution in [2.75, 3.05) is 0 Å². The smallest absolute Gasteiger partial charge is 0.277 e. The molecular formula is C14H19N3O5. The molecule has 1 rings (SSSR count). The monoisotopic (exact) mass is 309 g/mol. The summed E-state index contributed by atoms with van der Waals surface area (Å²) in [6.45, 7) is 3.91. The lowest BCUT2D eigenvalue weighted by Gasteiger charge is -2.13. The van der Waals surface area contributed by atoms with Gasteiger partial charge in [0.25, 0.3) is 17.3 Å². The number of unbranched alkanes of at least 4 members (excludes halogenated alkanes) is 2. The van der Waals surface area contributed by atoms with E-state index in [4.69, 9.17) is 0 Å². The third kappa shape index (κ3) is 5.12. The maximum Gasteiger partial charge on any atom is 0.277 e. The predicted molar refractivity (Wildman–Crippen MR) is 80.8 cm³/mol. The Kier molecular flexibility index (Phi) is 6.43. The van der Waals surface area contributed by atoms with Gasteiger partial charge in [-0.05, 0) is 13.3 Å². The maximum absolute atomic E-state index is 12.1. The van der Waals surface area contributed by atoms with E-state index >= 15 is 0 Å². The van der Waals surface area contributed by atoms with Gasteiger partial charge in [-0.15, -0.1) is 0 Å². The average molecular weight is 309 g/mol. The summed E-state index contributed by atoms with van der Waals surface area (Å²) in [7, 11) is 0. The van der Waals surface area contributed by atoms with Crippen LogP contribution in [0.15, 0.2) is 18.2 Å². The molecule has 0 bridgehead atoms. The van der Waals surface area contributed by atoms with Gasteiger partial charge in [-0.3, -0.25) is 25.0 Å². The van der Waals surface area contributed by atoms with E-state index in [-0.39, 0.29) is 11.6 Å². The van der Waals surface area contributed by atoms with Crippen molar-refractivity contribution in [1.29, 1.82) is 0 Å². The molecular weight excluding hydrogens is 290 g/mol. The van der Waals surface area contributed by atoms with Gasteiger partial charge in [-0.25, -0.2) is 0 Å². The summed E-state index contributed by atoms with van der Waals surface area (Å²) in [5.74, 6) is -0.546. The van der Waals surface area contributed by atoms with Gasteiger partial charge in [0.2, 0.25) is 0 Å². The second-order valence-corrected chi connectivity index (χ2v) is 5.12. The zero-order valence-electron chi connectivity index (χ0n) is 12.6. The van der Waals surface area contributed by atoms with E-state index in [0.29, 0.717) is 0 Å². The Morgan fingerprint density at radius 3 is 2.14 bits per heavy atom. The Morgan fingerprint density at radius 2 is 1.68 bits per heavy atom. The van der Waals surface area contributed by atoms with Crippen LogP contribution in [0.3, 0.4) is 0 Å². The van der Waals surface area contributed by atoms with Crippen molar-refractivity contribution < 1.29 is 14.6 Å². The summed E-state index contributed by atoms with van der Waals surface area (Å²) >= 11 is 0. The van der Waals surface area contributed by atoms with Crippen molar-refractivity contribution in [3.8, 4) is 0 Å². The van der Waals surface area contributed by atoms with Crippen LogP contribution in [0, 0.1) is 20.2 Å². The topological polar surface area (TPSA) is 115 Å². The number of nitro groups is 2. The van der Waals surface area contributed by atoms with E-state index in [1.165, 1.54) is 0 Å². The number of carbonyl (C=O) groups excluding carboxylic acids is 1. The molecule has 0 saturated heterocycles. The highest BCUT2D eigenvalue weighted by Crippen LogP contribution is 2.22. The summed E-state index contributed by atoms with van der Waals surface area (Å²) in [5, 5.41) is 24.3. The molecule has 0 aliphatic rings. The molecule has 0 saturated carbocycles. The van der Waals surface area contributed by atoms with Crippen molar-refractivity contribution in [3.05, 3.63) is 44.0 Å². The molecule has 0 spiro atoms. The Hall–Kier alpha value is -2.51. The van der Waals surface area contributed by atoms with E-state index < -0.39 is 27.1 Å². The van der Waals surface area contributed by atoms with Crippen LogP contribution in [-0.2, 0) is 0 Å². The van der Waals surface area contributed by atoms with Gasteiger partial charge in [0, 0.05) is 18.2 Å². The molecule has 0 unspecified atom stereocenters. The molecule has 8 nitrogen and oxygen atoms in total. The second kappa shape index (κ2) is 8.06. The molecule has 0 radical (unpaired) electrons. The second-order valence-electron chi connectivity index (χ2n) is 5.12. The largest absolute Gasteiger partial charge is 0.350 e. The minimum atomic E-state index is -0.755. The first-order valence-electron chi connectivity index (χ1n) is 7.10. The molecule has 0 aromatic heterocycles. The number of rotatable bonds is 8. The van der Waals surface area contributed by atoms with Crippen molar-refractivity contribution in [3.63, 3.8) is 0 Å². The molecule has 1 aromatic carbocycles. The Balaban J connectivity index is 2.88. The van der Waals surface area contributed by atoms with E-state index in [0.717, 1.165) is 43.9 Å². The minimum Gasteiger partial charge on any atom is -0.350 e. The number of amides is 1. The number of nitrogens with one attached hydrogen (secondary N) is 1. The van der Waals surface area contributed by atoms with Crippen LogP contribution >= 0.6 is 0 Å². The highest BCUT2D eigenvalue weighted by molar-refractivity contribution is 5.95. The number of nitrogens with zero attached hydrogens (tertiary/aromatic N) is 2. The molecule has 1 atom stereocenters. The molecule has 22 heavy (non-hydrogen) atoms. The van der Waals surface area contributed by atoms with Gasteiger partial charge >= 0.3 is 0 Å². The van der Waals surface area contributed by atoms with Crippen LogP contribution < -0.4 is 5.32 Å². The van der Waals surface area contributed by atoms with Crippen molar-refractivity contribution in [2.24, 2.45) is 0 Å². The standard InChI is InChI=1S/C14H19N3O5/c1-3-4-5-6-10(2)15-14(18)11-7-12(16(19)20)9-13(8-11)17(21)22/h7-10H,3-6H2,1-2H3,(H,15,18)/t10-/m1/s1. The number of hydrogen-bond donors (Lipinski definition) is 1. The minimum absolute atomic E-state index is 0.0803. The van der Waals surface area contributed by atoms with Crippen LogP contribution in [0.25, 0.3) is 0 Å². The lowest BCUT2D eigenvalue weighted by Crippen LogP contribution is -2.32. The van der Waals surface area contributed by atoms with E-state index in [1.54, 1.807) is 0 Å². The molecule has 8 heteroatoms. The number of hydrogen-bond acceptors (Lipinski definition) is 5. The third-order valence-corrected chi connectivity index (χ3v) is 3.20. The van der Waals surface area contributed by atoms with Crippen molar-refractivity contribution in [2.45, 2.75) is 45.6 Å². The van der Waals surface area contributed by atoms with Gasteiger partial charge in [0.1, 0.15) is 0 Å². The van der Waals surface area contributed by atoms with Gasteiger partial charge < -0.3 is 5.32 Å². The molecule has 0 fully saturated rings. The summed E-state index contributed by atoms with van der Waals surface area (Å²) in [6.07, 6.45) is 3.88. The fourth-order valence-electron chi connectivity index (χ4n) is 2.02. The fourth-order valence-corrected chi connectivity index (χ4v) is 2.02. The van der Waals surface area contributed by atoms with Gasteiger partial charge in [-0.2, -0.15) is 0 Å². The summed E-state index contributed by atoms with van der Waals surface area (Å²) in [6, 6.07) is 2.82. The quantitative estimate of drug-likeness (QED) is 0.449. The van der Waals surface area contributed by atoms with Crippen LogP contribution in [0.5, 0.6) is 0 Å². The molecule has 1 N–H and O–H groups in total. The van der Waals surface area contributed by atoms with Crippen LogP contribution in [0.4, 0.5) is 11.4 Å². The highest BCUT2D eigenvalue weighted by atomic mass is 16.6. The Bertz CT molecular complexity index is 541. The maximum atomic E-state index is 12.1. The van der Waals surface area contributed by atoms with Crippen LogP contribution in [0.2, 0.25) is 0 Å². The number of nitro benzene ring substituents is 2. The number of benzene rings is 1. The predicted octanol–water partition coefficient (Wildman–Crippen LogP) is 3.20. The molecule has 0 aliphatic carbocycles. The van der Waals surface area contributed by atoms with Crippen molar-refractivity contribution in [1.82, 2.24) is 5.32 Å². The highest BCUT2D eigenvalue weighted by Gasteiger charge is 2.20. The number of carbonyl (C=O) groups is 1.